The third kappa shape index (κ3) is 2.81. The number of rotatable bonds is 2. The first-order valence-electron chi connectivity index (χ1n) is 8.48. The summed E-state index contributed by atoms with van der Waals surface area (Å²) in [5.74, 6) is -0.337. The lowest BCUT2D eigenvalue weighted by Crippen LogP contribution is -2.26. The number of carbonyl (C=O) groups excluding carboxylic acids is 1. The normalized spacial score (nSPS) is 21.2. The van der Waals surface area contributed by atoms with Gasteiger partial charge in [0, 0.05) is 17.9 Å². The van der Waals surface area contributed by atoms with Crippen molar-refractivity contribution in [1.82, 2.24) is 9.78 Å². The maximum atomic E-state index is 13.4. The number of nitrogens with zero attached hydrogens (tertiary/aromatic N) is 2. The van der Waals surface area contributed by atoms with Gasteiger partial charge in [0.1, 0.15) is 5.82 Å². The summed E-state index contributed by atoms with van der Waals surface area (Å²) in [5.41, 5.74) is 0.120. The van der Waals surface area contributed by atoms with Gasteiger partial charge >= 0.3 is 6.18 Å². The van der Waals surface area contributed by atoms with E-state index in [0.29, 0.717) is 11.4 Å². The number of fused-ring (bicyclic) bond motifs is 1. The Morgan fingerprint density at radius 2 is 1.84 bits per heavy atom. The molecule has 0 spiro atoms. The fraction of sp³-hybridized carbons (Fsp3) is 0.444. The van der Waals surface area contributed by atoms with E-state index in [2.05, 4.69) is 10.4 Å². The van der Waals surface area contributed by atoms with Crippen LogP contribution in [0.2, 0.25) is 0 Å². The molecule has 4 rings (SSSR count). The predicted octanol–water partition coefficient (Wildman–Crippen LogP) is 4.49. The lowest BCUT2D eigenvalue weighted by molar-refractivity contribution is -0.138. The number of alkyl halides is 3. The van der Waals surface area contributed by atoms with E-state index in [0.717, 1.165) is 31.7 Å². The summed E-state index contributed by atoms with van der Waals surface area (Å²) in [6, 6.07) is 5.70. The molecule has 1 amide bonds. The van der Waals surface area contributed by atoms with E-state index in [-0.39, 0.29) is 23.9 Å². The number of hydrogen-bond acceptors (Lipinski definition) is 2. The van der Waals surface area contributed by atoms with E-state index in [9.17, 15) is 18.0 Å². The van der Waals surface area contributed by atoms with Gasteiger partial charge in [-0.2, -0.15) is 18.3 Å². The fourth-order valence-electron chi connectivity index (χ4n) is 4.00. The third-order valence-corrected chi connectivity index (χ3v) is 5.16. The van der Waals surface area contributed by atoms with Crippen LogP contribution in [0.4, 0.5) is 19.0 Å². The molecule has 1 aromatic heterocycles. The number of hydrogen-bond donors (Lipinski definition) is 1. The highest BCUT2D eigenvalue weighted by Gasteiger charge is 2.39. The highest BCUT2D eigenvalue weighted by atomic mass is 19.4. The first-order valence-corrected chi connectivity index (χ1v) is 8.48. The molecule has 1 aliphatic heterocycles. The van der Waals surface area contributed by atoms with Gasteiger partial charge in [-0.15, -0.1) is 0 Å². The van der Waals surface area contributed by atoms with Crippen LogP contribution in [0.25, 0.3) is 0 Å². The number of nitrogens with one attached hydrogen (secondary N) is 1. The molecule has 132 valence electrons. The van der Waals surface area contributed by atoms with Crippen molar-refractivity contribution in [3.63, 3.8) is 0 Å². The molecule has 0 radical (unpaired) electrons. The van der Waals surface area contributed by atoms with E-state index in [1.54, 1.807) is 16.9 Å². The zero-order valence-corrected chi connectivity index (χ0v) is 13.5. The zero-order valence-electron chi connectivity index (χ0n) is 13.5. The van der Waals surface area contributed by atoms with Crippen LogP contribution in [-0.2, 0) is 11.0 Å². The average Bonchev–Trinajstić information content (AvgIpc) is 3.22. The number of aromatic nitrogens is 2. The summed E-state index contributed by atoms with van der Waals surface area (Å²) in [6.45, 7) is 0. The van der Waals surface area contributed by atoms with Gasteiger partial charge in [-0.05, 0) is 24.5 Å². The van der Waals surface area contributed by atoms with Crippen LogP contribution in [0.5, 0.6) is 0 Å². The minimum Gasteiger partial charge on any atom is -0.311 e. The summed E-state index contributed by atoms with van der Waals surface area (Å²) in [5, 5.41) is 7.23. The molecule has 1 aliphatic carbocycles. The Morgan fingerprint density at radius 3 is 2.56 bits per heavy atom. The lowest BCUT2D eigenvalue weighted by atomic mass is 9.84. The van der Waals surface area contributed by atoms with Gasteiger partial charge in [0.2, 0.25) is 5.91 Å². The minimum absolute atomic E-state index is 0.00352. The predicted molar refractivity (Wildman–Crippen MR) is 86.3 cm³/mol. The monoisotopic (exact) mass is 349 g/mol. The Balaban J connectivity index is 1.80. The van der Waals surface area contributed by atoms with Crippen LogP contribution in [0.3, 0.4) is 0 Å². The van der Waals surface area contributed by atoms with Gasteiger partial charge in [0.15, 0.2) is 0 Å². The summed E-state index contributed by atoms with van der Waals surface area (Å²) in [4.78, 5) is 12.2. The molecule has 1 fully saturated rings. The van der Waals surface area contributed by atoms with Crippen LogP contribution >= 0.6 is 0 Å². The van der Waals surface area contributed by atoms with Crippen molar-refractivity contribution in [2.45, 2.75) is 50.2 Å². The Bertz CT molecular complexity index is 806. The second kappa shape index (κ2) is 5.89. The molecule has 1 N–H and O–H groups in total. The van der Waals surface area contributed by atoms with Crippen molar-refractivity contribution in [2.75, 3.05) is 5.32 Å². The summed E-state index contributed by atoms with van der Waals surface area (Å²) < 4.78 is 42.0. The van der Waals surface area contributed by atoms with Crippen molar-refractivity contribution >= 4 is 11.7 Å². The van der Waals surface area contributed by atoms with Crippen molar-refractivity contribution in [2.24, 2.45) is 0 Å². The second-order valence-electron chi connectivity index (χ2n) is 6.72. The summed E-state index contributed by atoms with van der Waals surface area (Å²) in [7, 11) is 0. The Morgan fingerprint density at radius 1 is 1.12 bits per heavy atom. The second-order valence-corrected chi connectivity index (χ2v) is 6.72. The minimum atomic E-state index is -4.45. The third-order valence-electron chi connectivity index (χ3n) is 5.16. The first kappa shape index (κ1) is 16.2. The van der Waals surface area contributed by atoms with Gasteiger partial charge in [-0.3, -0.25) is 4.79 Å². The van der Waals surface area contributed by atoms with E-state index < -0.39 is 17.7 Å². The molecule has 7 heteroatoms. The maximum absolute atomic E-state index is 13.4. The van der Waals surface area contributed by atoms with Crippen LogP contribution in [0, 0.1) is 0 Å². The molecule has 2 aliphatic rings. The number of carbonyl (C=O) groups is 1. The average molecular weight is 349 g/mol. The Hall–Kier alpha value is -2.31. The highest BCUT2D eigenvalue weighted by Crippen LogP contribution is 2.44. The van der Waals surface area contributed by atoms with Crippen molar-refractivity contribution in [3.05, 3.63) is 47.2 Å². The van der Waals surface area contributed by atoms with Crippen LogP contribution in [0.15, 0.2) is 30.5 Å². The van der Waals surface area contributed by atoms with E-state index >= 15 is 0 Å². The number of anilines is 1. The first-order chi connectivity index (χ1) is 11.9. The summed E-state index contributed by atoms with van der Waals surface area (Å²) >= 11 is 0. The molecule has 25 heavy (non-hydrogen) atoms. The molecule has 1 aromatic carbocycles. The Kier molecular flexibility index (Phi) is 3.81. The largest absolute Gasteiger partial charge is 0.416 e. The molecule has 0 unspecified atom stereocenters. The molecule has 1 saturated carbocycles. The Labute approximate surface area is 143 Å². The number of amides is 1. The molecular weight excluding hydrogens is 331 g/mol. The fourth-order valence-corrected chi connectivity index (χ4v) is 4.00. The number of halogens is 3. The van der Waals surface area contributed by atoms with Gasteiger partial charge in [0.05, 0.1) is 17.8 Å². The van der Waals surface area contributed by atoms with E-state index in [1.165, 1.54) is 12.1 Å². The molecule has 1 atom stereocenters. The smallest absolute Gasteiger partial charge is 0.311 e. The van der Waals surface area contributed by atoms with Gasteiger partial charge in [-0.25, -0.2) is 4.68 Å². The van der Waals surface area contributed by atoms with Crippen molar-refractivity contribution in [1.29, 1.82) is 0 Å². The lowest BCUT2D eigenvalue weighted by Gasteiger charge is -2.27. The molecule has 2 heterocycles. The van der Waals surface area contributed by atoms with Crippen LogP contribution in [0.1, 0.15) is 60.8 Å². The van der Waals surface area contributed by atoms with Gasteiger partial charge in [-0.1, -0.05) is 31.0 Å². The molecular formula is C18H18F3N3O. The van der Waals surface area contributed by atoms with E-state index in [4.69, 9.17) is 0 Å². The summed E-state index contributed by atoms with van der Waals surface area (Å²) in [6.07, 6.45) is 1.33. The van der Waals surface area contributed by atoms with Crippen LogP contribution < -0.4 is 5.32 Å². The molecule has 0 saturated heterocycles. The van der Waals surface area contributed by atoms with Crippen molar-refractivity contribution in [3.8, 4) is 0 Å². The topological polar surface area (TPSA) is 46.9 Å². The molecule has 2 aromatic rings. The molecule has 4 nitrogen and oxygen atoms in total. The van der Waals surface area contributed by atoms with Gasteiger partial charge in [0.25, 0.3) is 0 Å². The standard InChI is InChI=1S/C18H18F3N3O/c19-18(20,21)15-8-4-3-7-12(15)13-9-16(25)23-17-14(13)10-22-24(17)11-5-1-2-6-11/h3-4,7-8,10-11,13H,1-2,5-6,9H2,(H,23,25)/t13-/m1/s1. The SMILES string of the molecule is O=C1C[C@H](c2ccccc2C(F)(F)F)c2cnn(C3CCCC3)c2N1. The molecule has 0 bridgehead atoms. The number of benzene rings is 1. The van der Waals surface area contributed by atoms with Crippen molar-refractivity contribution < 1.29 is 18.0 Å². The van der Waals surface area contributed by atoms with Crippen LogP contribution in [-0.4, -0.2) is 15.7 Å². The van der Waals surface area contributed by atoms with Gasteiger partial charge < -0.3 is 5.32 Å². The maximum Gasteiger partial charge on any atom is 0.416 e. The van der Waals surface area contributed by atoms with E-state index in [1.807, 2.05) is 0 Å². The zero-order chi connectivity index (χ0) is 17.6. The quantitative estimate of drug-likeness (QED) is 0.868. The highest BCUT2D eigenvalue weighted by molar-refractivity contribution is 5.94.